The zero-order chi connectivity index (χ0) is 10.7. The van der Waals surface area contributed by atoms with Gasteiger partial charge in [-0.15, -0.1) is 0 Å². The number of pyridine rings is 1. The zero-order valence-electron chi connectivity index (χ0n) is 8.56. The molecule has 2 heterocycles. The predicted molar refractivity (Wildman–Crippen MR) is 56.2 cm³/mol. The van der Waals surface area contributed by atoms with Gasteiger partial charge >= 0.3 is 0 Å². The van der Waals surface area contributed by atoms with Crippen molar-refractivity contribution in [2.24, 2.45) is 5.92 Å². The van der Waals surface area contributed by atoms with Gasteiger partial charge in [-0.05, 0) is 24.8 Å². The zero-order valence-corrected chi connectivity index (χ0v) is 8.56. The SMILES string of the molecule is OC[C@@H]1CCCN(c2ccnc(F)c2)C1. The highest BCUT2D eigenvalue weighted by Gasteiger charge is 2.19. The third kappa shape index (κ3) is 2.45. The number of nitrogens with zero attached hydrogens (tertiary/aromatic N) is 2. The maximum atomic E-state index is 12.9. The van der Waals surface area contributed by atoms with Crippen LogP contribution in [0.1, 0.15) is 12.8 Å². The number of aliphatic hydroxyl groups excluding tert-OH is 1. The van der Waals surface area contributed by atoms with E-state index in [0.717, 1.165) is 31.6 Å². The molecular weight excluding hydrogens is 195 g/mol. The van der Waals surface area contributed by atoms with Crippen molar-refractivity contribution in [3.63, 3.8) is 0 Å². The van der Waals surface area contributed by atoms with Gasteiger partial charge in [0.2, 0.25) is 5.95 Å². The van der Waals surface area contributed by atoms with Crippen molar-refractivity contribution in [2.45, 2.75) is 12.8 Å². The van der Waals surface area contributed by atoms with Gasteiger partial charge in [-0.1, -0.05) is 0 Å². The average Bonchev–Trinajstić information content (AvgIpc) is 2.29. The fraction of sp³-hybridized carbons (Fsp3) is 0.545. The van der Waals surface area contributed by atoms with Crippen LogP contribution in [0.25, 0.3) is 0 Å². The van der Waals surface area contributed by atoms with Crippen molar-refractivity contribution in [2.75, 3.05) is 24.6 Å². The first-order valence-electron chi connectivity index (χ1n) is 5.27. The van der Waals surface area contributed by atoms with E-state index in [4.69, 9.17) is 5.11 Å². The molecule has 3 nitrogen and oxygen atoms in total. The number of rotatable bonds is 2. The standard InChI is InChI=1S/C11H15FN2O/c12-11-6-10(3-4-13-11)14-5-1-2-9(7-14)8-15/h3-4,6,9,15H,1-2,5,7-8H2/t9-/m1/s1. The number of hydrogen-bond acceptors (Lipinski definition) is 3. The van der Waals surface area contributed by atoms with Gasteiger partial charge in [0, 0.05) is 37.6 Å². The Kier molecular flexibility index (Phi) is 3.16. The predicted octanol–water partition coefficient (Wildman–Crippen LogP) is 1.43. The molecule has 82 valence electrons. The summed E-state index contributed by atoms with van der Waals surface area (Å²) >= 11 is 0. The average molecular weight is 210 g/mol. The van der Waals surface area contributed by atoms with E-state index in [9.17, 15) is 4.39 Å². The fourth-order valence-corrected chi connectivity index (χ4v) is 2.04. The van der Waals surface area contributed by atoms with Crippen molar-refractivity contribution in [1.29, 1.82) is 0 Å². The first kappa shape index (κ1) is 10.4. The van der Waals surface area contributed by atoms with Crippen LogP contribution in [0, 0.1) is 11.9 Å². The summed E-state index contributed by atoms with van der Waals surface area (Å²) < 4.78 is 12.9. The Morgan fingerprint density at radius 3 is 3.20 bits per heavy atom. The minimum absolute atomic E-state index is 0.212. The first-order valence-corrected chi connectivity index (χ1v) is 5.27. The molecule has 0 amide bonds. The molecule has 1 saturated heterocycles. The van der Waals surface area contributed by atoms with Crippen LogP contribution in [0.3, 0.4) is 0 Å². The molecule has 0 unspecified atom stereocenters. The second-order valence-corrected chi connectivity index (χ2v) is 3.97. The van der Waals surface area contributed by atoms with Gasteiger partial charge in [0.25, 0.3) is 0 Å². The molecule has 1 aromatic rings. The summed E-state index contributed by atoms with van der Waals surface area (Å²) in [6.07, 6.45) is 3.59. The van der Waals surface area contributed by atoms with E-state index < -0.39 is 5.95 Å². The molecule has 1 aromatic heterocycles. The van der Waals surface area contributed by atoms with E-state index in [1.54, 1.807) is 0 Å². The lowest BCUT2D eigenvalue weighted by Gasteiger charge is -2.33. The second-order valence-electron chi connectivity index (χ2n) is 3.97. The Bertz CT molecular complexity index is 332. The molecule has 0 saturated carbocycles. The van der Waals surface area contributed by atoms with E-state index in [0.29, 0.717) is 5.92 Å². The van der Waals surface area contributed by atoms with Crippen LogP contribution in [0.4, 0.5) is 10.1 Å². The molecule has 1 N–H and O–H groups in total. The molecule has 1 aliphatic rings. The van der Waals surface area contributed by atoms with Crippen LogP contribution < -0.4 is 4.90 Å². The van der Waals surface area contributed by atoms with Crippen LogP contribution in [-0.4, -0.2) is 29.8 Å². The summed E-state index contributed by atoms with van der Waals surface area (Å²) in [5.74, 6) is -0.131. The van der Waals surface area contributed by atoms with Gasteiger partial charge in [0.15, 0.2) is 0 Å². The molecule has 0 radical (unpaired) electrons. The molecule has 4 heteroatoms. The Morgan fingerprint density at radius 1 is 1.60 bits per heavy atom. The van der Waals surface area contributed by atoms with Crippen LogP contribution in [0.2, 0.25) is 0 Å². The number of hydrogen-bond donors (Lipinski definition) is 1. The van der Waals surface area contributed by atoms with Crippen molar-refractivity contribution in [3.8, 4) is 0 Å². The van der Waals surface area contributed by atoms with Crippen LogP contribution in [0.15, 0.2) is 18.3 Å². The van der Waals surface area contributed by atoms with Crippen molar-refractivity contribution in [3.05, 3.63) is 24.3 Å². The maximum Gasteiger partial charge on any atom is 0.214 e. The Labute approximate surface area is 88.6 Å². The van der Waals surface area contributed by atoms with Gasteiger partial charge in [0.1, 0.15) is 0 Å². The Morgan fingerprint density at radius 2 is 2.47 bits per heavy atom. The van der Waals surface area contributed by atoms with Crippen molar-refractivity contribution < 1.29 is 9.50 Å². The molecule has 0 spiro atoms. The molecule has 0 aliphatic carbocycles. The molecule has 0 aromatic carbocycles. The monoisotopic (exact) mass is 210 g/mol. The molecule has 15 heavy (non-hydrogen) atoms. The third-order valence-corrected chi connectivity index (χ3v) is 2.85. The van der Waals surface area contributed by atoms with E-state index in [2.05, 4.69) is 9.88 Å². The van der Waals surface area contributed by atoms with E-state index >= 15 is 0 Å². The largest absolute Gasteiger partial charge is 0.396 e. The molecule has 1 atom stereocenters. The first-order chi connectivity index (χ1) is 7.29. The van der Waals surface area contributed by atoms with E-state index in [-0.39, 0.29) is 6.61 Å². The Balaban J connectivity index is 2.09. The second kappa shape index (κ2) is 4.57. The summed E-state index contributed by atoms with van der Waals surface area (Å²) in [6, 6.07) is 3.25. The Hall–Kier alpha value is -1.16. The highest BCUT2D eigenvalue weighted by molar-refractivity contribution is 5.45. The van der Waals surface area contributed by atoms with Gasteiger partial charge < -0.3 is 10.0 Å². The molecule has 0 bridgehead atoms. The highest BCUT2D eigenvalue weighted by Crippen LogP contribution is 2.22. The maximum absolute atomic E-state index is 12.9. The van der Waals surface area contributed by atoms with Gasteiger partial charge in [-0.25, -0.2) is 4.98 Å². The van der Waals surface area contributed by atoms with Gasteiger partial charge in [-0.3, -0.25) is 0 Å². The van der Waals surface area contributed by atoms with Crippen LogP contribution in [-0.2, 0) is 0 Å². The summed E-state index contributed by atoms with van der Waals surface area (Å²) in [4.78, 5) is 5.64. The highest BCUT2D eigenvalue weighted by atomic mass is 19.1. The fourth-order valence-electron chi connectivity index (χ4n) is 2.04. The van der Waals surface area contributed by atoms with E-state index in [1.165, 1.54) is 12.3 Å². The number of anilines is 1. The van der Waals surface area contributed by atoms with Crippen molar-refractivity contribution in [1.82, 2.24) is 4.98 Å². The molecular formula is C11H15FN2O. The minimum Gasteiger partial charge on any atom is -0.396 e. The number of halogens is 1. The number of piperidine rings is 1. The summed E-state index contributed by atoms with van der Waals surface area (Å²) in [6.45, 7) is 1.95. The van der Waals surface area contributed by atoms with Crippen LogP contribution in [0.5, 0.6) is 0 Å². The summed E-state index contributed by atoms with van der Waals surface area (Å²) in [7, 11) is 0. The summed E-state index contributed by atoms with van der Waals surface area (Å²) in [5.41, 5.74) is 0.862. The van der Waals surface area contributed by atoms with Crippen LogP contribution >= 0.6 is 0 Å². The normalized spacial score (nSPS) is 21.7. The van der Waals surface area contributed by atoms with Gasteiger partial charge in [0.05, 0.1) is 0 Å². The number of aliphatic hydroxyl groups is 1. The minimum atomic E-state index is -0.446. The number of aromatic nitrogens is 1. The summed E-state index contributed by atoms with van der Waals surface area (Å²) in [5, 5.41) is 9.10. The topological polar surface area (TPSA) is 36.4 Å². The van der Waals surface area contributed by atoms with Gasteiger partial charge in [-0.2, -0.15) is 4.39 Å². The lowest BCUT2D eigenvalue weighted by Crippen LogP contribution is -2.36. The quantitative estimate of drug-likeness (QED) is 0.750. The van der Waals surface area contributed by atoms with Crippen molar-refractivity contribution >= 4 is 5.69 Å². The lowest BCUT2D eigenvalue weighted by atomic mass is 9.99. The lowest BCUT2D eigenvalue weighted by molar-refractivity contribution is 0.208. The third-order valence-electron chi connectivity index (χ3n) is 2.85. The molecule has 2 rings (SSSR count). The molecule has 1 aliphatic heterocycles. The smallest absolute Gasteiger partial charge is 0.214 e. The van der Waals surface area contributed by atoms with E-state index in [1.807, 2.05) is 6.07 Å². The molecule has 1 fully saturated rings.